The van der Waals surface area contributed by atoms with Gasteiger partial charge in [-0.05, 0) is 30.0 Å². The SMILES string of the molecule is Cc1cccc2nc3c(cc12)C(C1=C(O)CC(C)(C)CC1=O)c1c([nH]c(=O)[nH]c1=O)N3. The van der Waals surface area contributed by atoms with Crippen LogP contribution in [0.25, 0.3) is 10.9 Å². The number of anilines is 2. The van der Waals surface area contributed by atoms with Crippen molar-refractivity contribution in [1.82, 2.24) is 15.0 Å². The van der Waals surface area contributed by atoms with Crippen molar-refractivity contribution >= 4 is 28.3 Å². The summed E-state index contributed by atoms with van der Waals surface area (Å²) in [6.07, 6.45) is 0.576. The summed E-state index contributed by atoms with van der Waals surface area (Å²) in [6, 6.07) is 7.65. The Balaban J connectivity index is 1.86. The van der Waals surface area contributed by atoms with Gasteiger partial charge in [0, 0.05) is 29.4 Å². The van der Waals surface area contributed by atoms with Crippen molar-refractivity contribution in [3.05, 3.63) is 73.1 Å². The van der Waals surface area contributed by atoms with Gasteiger partial charge >= 0.3 is 5.69 Å². The second-order valence-electron chi connectivity index (χ2n) is 9.12. The molecule has 0 saturated heterocycles. The Morgan fingerprint density at radius 3 is 2.65 bits per heavy atom. The van der Waals surface area contributed by atoms with Gasteiger partial charge in [0.15, 0.2) is 5.78 Å². The lowest BCUT2D eigenvalue weighted by Crippen LogP contribution is -2.36. The Labute approximate surface area is 177 Å². The number of hydrogen-bond donors (Lipinski definition) is 4. The number of nitrogens with one attached hydrogen (secondary N) is 3. The minimum atomic E-state index is -0.841. The number of hydrogen-bond acceptors (Lipinski definition) is 6. The minimum Gasteiger partial charge on any atom is -0.512 e. The van der Waals surface area contributed by atoms with E-state index in [9.17, 15) is 19.5 Å². The predicted octanol–water partition coefficient (Wildman–Crippen LogP) is 3.31. The average Bonchev–Trinajstić information content (AvgIpc) is 2.64. The van der Waals surface area contributed by atoms with Crippen LogP contribution in [0.5, 0.6) is 0 Å². The van der Waals surface area contributed by atoms with Crippen LogP contribution in [0.4, 0.5) is 11.6 Å². The molecule has 8 heteroatoms. The molecule has 0 fully saturated rings. The highest BCUT2D eigenvalue weighted by molar-refractivity contribution is 6.01. The molecule has 31 heavy (non-hydrogen) atoms. The highest BCUT2D eigenvalue weighted by atomic mass is 16.3. The highest BCUT2D eigenvalue weighted by Gasteiger charge is 2.42. The highest BCUT2D eigenvalue weighted by Crippen LogP contribution is 2.48. The second kappa shape index (κ2) is 6.41. The van der Waals surface area contributed by atoms with Gasteiger partial charge in [-0.3, -0.25) is 19.6 Å². The molecule has 0 saturated carbocycles. The van der Waals surface area contributed by atoms with Gasteiger partial charge in [-0.1, -0.05) is 26.0 Å². The van der Waals surface area contributed by atoms with E-state index in [1.807, 2.05) is 45.0 Å². The summed E-state index contributed by atoms with van der Waals surface area (Å²) in [5.74, 6) is -0.459. The van der Waals surface area contributed by atoms with Gasteiger partial charge in [-0.2, -0.15) is 0 Å². The van der Waals surface area contributed by atoms with E-state index in [0.717, 1.165) is 16.5 Å². The lowest BCUT2D eigenvalue weighted by atomic mass is 9.70. The third kappa shape index (κ3) is 2.98. The number of Topliss-reactive ketones (excluding diaryl/α,β-unsaturated/α-hetero) is 1. The summed E-state index contributed by atoms with van der Waals surface area (Å²) >= 11 is 0. The molecule has 1 atom stereocenters. The number of aliphatic hydroxyl groups is 1. The van der Waals surface area contributed by atoms with Crippen molar-refractivity contribution < 1.29 is 9.90 Å². The molecule has 8 nitrogen and oxygen atoms in total. The van der Waals surface area contributed by atoms with E-state index >= 15 is 0 Å². The Morgan fingerprint density at radius 2 is 1.90 bits per heavy atom. The summed E-state index contributed by atoms with van der Waals surface area (Å²) in [4.78, 5) is 47.6. The van der Waals surface area contributed by atoms with E-state index in [0.29, 0.717) is 17.8 Å². The standard InChI is InChI=1S/C23H22N4O4/c1-10-5-4-6-13-11(10)7-12-16(17-14(28)8-23(2,3)9-15(17)29)18-20(25-19(12)24-13)26-22(31)27-21(18)30/h4-7,16,28H,8-9H2,1-3H3,(H3,24,25,26,27,30,31). The van der Waals surface area contributed by atoms with E-state index < -0.39 is 17.2 Å². The maximum atomic E-state index is 13.2. The van der Waals surface area contributed by atoms with Crippen LogP contribution in [0.3, 0.4) is 0 Å². The largest absolute Gasteiger partial charge is 0.512 e. The molecular weight excluding hydrogens is 396 g/mol. The van der Waals surface area contributed by atoms with Crippen molar-refractivity contribution in [2.45, 2.75) is 39.5 Å². The zero-order chi connectivity index (χ0) is 22.1. The number of rotatable bonds is 1. The van der Waals surface area contributed by atoms with Crippen LogP contribution in [-0.2, 0) is 4.79 Å². The number of aromatic nitrogens is 3. The van der Waals surface area contributed by atoms with Crippen LogP contribution in [0.2, 0.25) is 0 Å². The molecule has 5 rings (SSSR count). The lowest BCUT2D eigenvalue weighted by molar-refractivity contribution is -0.118. The Morgan fingerprint density at radius 1 is 1.13 bits per heavy atom. The molecule has 1 aliphatic carbocycles. The van der Waals surface area contributed by atoms with Gasteiger partial charge in [0.25, 0.3) is 5.56 Å². The number of nitrogens with zero attached hydrogens (tertiary/aromatic N) is 1. The average molecular weight is 418 g/mol. The maximum absolute atomic E-state index is 13.2. The number of fused-ring (bicyclic) bond motifs is 3. The molecule has 3 aromatic rings. The molecule has 2 aliphatic rings. The van der Waals surface area contributed by atoms with Crippen LogP contribution in [0, 0.1) is 12.3 Å². The van der Waals surface area contributed by atoms with Crippen molar-refractivity contribution in [3.63, 3.8) is 0 Å². The van der Waals surface area contributed by atoms with E-state index in [4.69, 9.17) is 4.98 Å². The number of aliphatic hydroxyl groups excluding tert-OH is 1. The van der Waals surface area contributed by atoms with Gasteiger partial charge in [-0.25, -0.2) is 9.78 Å². The zero-order valence-electron chi connectivity index (χ0n) is 17.4. The van der Waals surface area contributed by atoms with E-state index in [1.54, 1.807) is 0 Å². The first-order valence-corrected chi connectivity index (χ1v) is 10.1. The van der Waals surface area contributed by atoms with Crippen LogP contribution in [0.1, 0.15) is 49.3 Å². The Hall–Kier alpha value is -3.68. The van der Waals surface area contributed by atoms with Crippen molar-refractivity contribution in [3.8, 4) is 0 Å². The maximum Gasteiger partial charge on any atom is 0.327 e. The first-order valence-electron chi connectivity index (χ1n) is 10.1. The number of aromatic amines is 2. The third-order valence-electron chi connectivity index (χ3n) is 6.11. The molecule has 0 bridgehead atoms. The van der Waals surface area contributed by atoms with Gasteiger partial charge in [-0.15, -0.1) is 0 Å². The predicted molar refractivity (Wildman–Crippen MR) is 117 cm³/mol. The number of aryl methyl sites for hydroxylation is 1. The number of H-pyrrole nitrogens is 2. The summed E-state index contributed by atoms with van der Waals surface area (Å²) in [7, 11) is 0. The molecule has 0 spiro atoms. The fourth-order valence-electron chi connectivity index (χ4n) is 4.75. The molecule has 158 valence electrons. The normalized spacial score (nSPS) is 19.7. The fourth-order valence-corrected chi connectivity index (χ4v) is 4.75. The monoisotopic (exact) mass is 418 g/mol. The van der Waals surface area contributed by atoms with E-state index in [-0.39, 0.29) is 40.3 Å². The molecule has 3 heterocycles. The van der Waals surface area contributed by atoms with Gasteiger partial charge in [0.2, 0.25) is 0 Å². The minimum absolute atomic E-state index is 0.0273. The van der Waals surface area contributed by atoms with Gasteiger partial charge < -0.3 is 10.4 Å². The van der Waals surface area contributed by atoms with Crippen LogP contribution >= 0.6 is 0 Å². The van der Waals surface area contributed by atoms with Crippen molar-refractivity contribution in [1.29, 1.82) is 0 Å². The number of ketones is 1. The number of allylic oxidation sites excluding steroid dienone is 2. The first-order chi connectivity index (χ1) is 14.6. The molecular formula is C23H22N4O4. The number of benzene rings is 1. The van der Waals surface area contributed by atoms with Crippen LogP contribution in [0.15, 0.2) is 45.2 Å². The summed E-state index contributed by atoms with van der Waals surface area (Å²) in [5, 5.41) is 14.9. The first kappa shape index (κ1) is 19.3. The summed E-state index contributed by atoms with van der Waals surface area (Å²) in [5.41, 5.74) is 1.10. The second-order valence-corrected chi connectivity index (χ2v) is 9.12. The molecule has 4 N–H and O–H groups in total. The van der Waals surface area contributed by atoms with Crippen LogP contribution in [-0.4, -0.2) is 25.8 Å². The molecule has 0 amide bonds. The van der Waals surface area contributed by atoms with E-state index in [2.05, 4.69) is 15.3 Å². The Kier molecular flexibility index (Phi) is 3.99. The quantitative estimate of drug-likeness (QED) is 0.480. The molecule has 2 aromatic heterocycles. The lowest BCUT2D eigenvalue weighted by Gasteiger charge is -2.35. The topological polar surface area (TPSA) is 128 Å². The summed E-state index contributed by atoms with van der Waals surface area (Å²) in [6.45, 7) is 5.81. The number of carbonyl (C=O) groups excluding carboxylic acids is 1. The summed E-state index contributed by atoms with van der Waals surface area (Å²) < 4.78 is 0. The zero-order valence-corrected chi connectivity index (χ0v) is 17.4. The molecule has 1 unspecified atom stereocenters. The van der Waals surface area contributed by atoms with Crippen LogP contribution < -0.4 is 16.6 Å². The smallest absolute Gasteiger partial charge is 0.327 e. The fraction of sp³-hybridized carbons (Fsp3) is 0.304. The van der Waals surface area contributed by atoms with Crippen molar-refractivity contribution in [2.24, 2.45) is 5.41 Å². The molecule has 1 aromatic carbocycles. The van der Waals surface area contributed by atoms with Gasteiger partial charge in [0.05, 0.1) is 17.0 Å². The Bertz CT molecular complexity index is 1430. The van der Waals surface area contributed by atoms with Crippen molar-refractivity contribution in [2.75, 3.05) is 5.32 Å². The number of pyridine rings is 1. The molecule has 0 radical (unpaired) electrons. The number of carbonyl (C=O) groups is 1. The van der Waals surface area contributed by atoms with Gasteiger partial charge in [0.1, 0.15) is 17.4 Å². The molecule has 1 aliphatic heterocycles. The third-order valence-corrected chi connectivity index (χ3v) is 6.11. The van der Waals surface area contributed by atoms with E-state index in [1.165, 1.54) is 0 Å².